The number of nitrogens with zero attached hydrogens (tertiary/aromatic N) is 3. The van der Waals surface area contributed by atoms with Gasteiger partial charge in [0.05, 0.1) is 11.7 Å². The Hall–Kier alpha value is -1.84. The maximum absolute atomic E-state index is 12.9. The molecule has 4 heteroatoms. The number of urea groups is 1. The van der Waals surface area contributed by atoms with Crippen LogP contribution in [0.2, 0.25) is 0 Å². The number of aliphatic imine (C=N–C) groups is 1. The lowest BCUT2D eigenvalue weighted by atomic mass is 9.93. The maximum atomic E-state index is 12.9. The summed E-state index contributed by atoms with van der Waals surface area (Å²) in [6, 6.07) is 10.8. The molecular weight excluding hydrogens is 298 g/mol. The summed E-state index contributed by atoms with van der Waals surface area (Å²) in [5.74, 6) is 0.907. The van der Waals surface area contributed by atoms with E-state index in [9.17, 15) is 4.79 Å². The van der Waals surface area contributed by atoms with Gasteiger partial charge < -0.3 is 0 Å². The molecule has 0 aromatic heterocycles. The van der Waals surface area contributed by atoms with Gasteiger partial charge in [0.2, 0.25) is 5.96 Å². The summed E-state index contributed by atoms with van der Waals surface area (Å²) in [7, 11) is 0. The number of hydrogen-bond acceptors (Lipinski definition) is 2. The third kappa shape index (κ3) is 2.94. The Morgan fingerprint density at radius 3 is 2.12 bits per heavy atom. The van der Waals surface area contributed by atoms with Gasteiger partial charge in [-0.25, -0.2) is 14.7 Å². The first-order valence-corrected chi connectivity index (χ1v) is 9.61. The van der Waals surface area contributed by atoms with Gasteiger partial charge in [-0.05, 0) is 37.8 Å². The minimum absolute atomic E-state index is 0.114. The molecule has 0 radical (unpaired) electrons. The van der Waals surface area contributed by atoms with Crippen molar-refractivity contribution in [3.05, 3.63) is 30.3 Å². The molecule has 1 heterocycles. The number of carbonyl (C=O) groups excluding carboxylic acids is 1. The Morgan fingerprint density at radius 1 is 0.833 bits per heavy atom. The molecule has 24 heavy (non-hydrogen) atoms. The highest BCUT2D eigenvalue weighted by molar-refractivity contribution is 6.30. The monoisotopic (exact) mass is 325 g/mol. The molecule has 1 saturated heterocycles. The van der Waals surface area contributed by atoms with E-state index in [-0.39, 0.29) is 6.03 Å². The summed E-state index contributed by atoms with van der Waals surface area (Å²) in [4.78, 5) is 21.8. The lowest BCUT2D eigenvalue weighted by Gasteiger charge is -2.48. The van der Waals surface area contributed by atoms with E-state index in [0.29, 0.717) is 12.1 Å². The summed E-state index contributed by atoms with van der Waals surface area (Å²) in [5.41, 5.74) is 0.948. The molecule has 0 spiro atoms. The molecule has 2 amide bonds. The Morgan fingerprint density at radius 2 is 1.46 bits per heavy atom. The fraction of sp³-hybridized carbons (Fsp3) is 0.600. The molecule has 0 N–H and O–H groups in total. The molecule has 1 aliphatic heterocycles. The van der Waals surface area contributed by atoms with Crippen molar-refractivity contribution in [3.63, 3.8) is 0 Å². The van der Waals surface area contributed by atoms with Crippen molar-refractivity contribution < 1.29 is 4.79 Å². The Balaban J connectivity index is 1.61. The van der Waals surface area contributed by atoms with Crippen LogP contribution in [0.4, 0.5) is 10.5 Å². The van der Waals surface area contributed by atoms with Crippen molar-refractivity contribution in [2.45, 2.75) is 76.3 Å². The molecule has 3 aliphatic rings. The second kappa shape index (κ2) is 6.96. The number of carbonyl (C=O) groups is 1. The summed E-state index contributed by atoms with van der Waals surface area (Å²) < 4.78 is 0. The standard InChI is InChI=1S/C20H27N3O/c24-20-22(17-12-6-2-7-13-17)19(21-16-10-4-1-5-11-16)23(20)18-14-8-3-9-15-18/h2,6-7,12-13,16,18H,1,3-5,8-11,14-15H2. The van der Waals surface area contributed by atoms with E-state index >= 15 is 0 Å². The van der Waals surface area contributed by atoms with E-state index in [1.165, 1.54) is 51.4 Å². The first-order chi connectivity index (χ1) is 11.8. The molecular formula is C20H27N3O. The van der Waals surface area contributed by atoms with Crippen LogP contribution in [0.1, 0.15) is 64.2 Å². The van der Waals surface area contributed by atoms with Crippen LogP contribution >= 0.6 is 0 Å². The van der Waals surface area contributed by atoms with Crippen LogP contribution < -0.4 is 4.90 Å². The molecule has 0 bridgehead atoms. The van der Waals surface area contributed by atoms with Gasteiger partial charge in [0.15, 0.2) is 0 Å². The van der Waals surface area contributed by atoms with Crippen LogP contribution in [0.5, 0.6) is 0 Å². The Kier molecular flexibility index (Phi) is 4.54. The predicted molar refractivity (Wildman–Crippen MR) is 97.3 cm³/mol. The number of hydrogen-bond donors (Lipinski definition) is 0. The summed E-state index contributed by atoms with van der Waals surface area (Å²) >= 11 is 0. The van der Waals surface area contributed by atoms with E-state index in [1.54, 1.807) is 0 Å². The van der Waals surface area contributed by atoms with E-state index in [4.69, 9.17) is 4.99 Å². The van der Waals surface area contributed by atoms with Gasteiger partial charge in [-0.3, -0.25) is 4.90 Å². The average molecular weight is 325 g/mol. The van der Waals surface area contributed by atoms with E-state index < -0.39 is 0 Å². The van der Waals surface area contributed by atoms with Crippen molar-refractivity contribution in [2.75, 3.05) is 4.90 Å². The molecule has 4 rings (SSSR count). The molecule has 1 aromatic carbocycles. The molecule has 0 unspecified atom stereocenters. The number of para-hydroxylation sites is 1. The third-order valence-corrected chi connectivity index (χ3v) is 5.64. The molecule has 1 aromatic rings. The zero-order valence-corrected chi connectivity index (χ0v) is 14.4. The van der Waals surface area contributed by atoms with E-state index in [2.05, 4.69) is 0 Å². The minimum Gasteiger partial charge on any atom is -0.260 e. The van der Waals surface area contributed by atoms with Crippen molar-refractivity contribution in [3.8, 4) is 0 Å². The van der Waals surface area contributed by atoms with Crippen molar-refractivity contribution in [1.82, 2.24) is 4.90 Å². The highest BCUT2D eigenvalue weighted by Gasteiger charge is 2.46. The number of benzene rings is 1. The highest BCUT2D eigenvalue weighted by atomic mass is 16.2. The average Bonchev–Trinajstić information content (AvgIpc) is 2.64. The molecule has 128 valence electrons. The number of rotatable bonds is 3. The van der Waals surface area contributed by atoms with Crippen LogP contribution in [-0.2, 0) is 0 Å². The molecule has 2 aliphatic carbocycles. The van der Waals surface area contributed by atoms with Gasteiger partial charge in [0.1, 0.15) is 0 Å². The fourth-order valence-electron chi connectivity index (χ4n) is 4.30. The number of anilines is 1. The van der Waals surface area contributed by atoms with Crippen molar-refractivity contribution >= 4 is 17.7 Å². The third-order valence-electron chi connectivity index (χ3n) is 5.64. The van der Waals surface area contributed by atoms with Gasteiger partial charge in [0.25, 0.3) is 0 Å². The molecule has 0 atom stereocenters. The quantitative estimate of drug-likeness (QED) is 0.774. The Labute approximate surface area is 144 Å². The zero-order chi connectivity index (χ0) is 16.4. The largest absolute Gasteiger partial charge is 0.338 e. The predicted octanol–water partition coefficient (Wildman–Crippen LogP) is 4.95. The molecule has 2 saturated carbocycles. The summed E-state index contributed by atoms with van der Waals surface area (Å²) in [5, 5.41) is 0. The lowest BCUT2D eigenvalue weighted by molar-refractivity contribution is 0.187. The highest BCUT2D eigenvalue weighted by Crippen LogP contribution is 2.34. The smallest absolute Gasteiger partial charge is 0.260 e. The van der Waals surface area contributed by atoms with Crippen LogP contribution in [0.25, 0.3) is 0 Å². The maximum Gasteiger partial charge on any atom is 0.338 e. The van der Waals surface area contributed by atoms with Crippen LogP contribution in [0.3, 0.4) is 0 Å². The minimum atomic E-state index is 0.114. The van der Waals surface area contributed by atoms with Gasteiger partial charge in [-0.15, -0.1) is 0 Å². The summed E-state index contributed by atoms with van der Waals surface area (Å²) in [6.07, 6.45) is 12.2. The summed E-state index contributed by atoms with van der Waals surface area (Å²) in [6.45, 7) is 0. The molecule has 4 nitrogen and oxygen atoms in total. The van der Waals surface area contributed by atoms with Crippen LogP contribution in [0.15, 0.2) is 35.3 Å². The van der Waals surface area contributed by atoms with E-state index in [0.717, 1.165) is 24.5 Å². The fourth-order valence-corrected chi connectivity index (χ4v) is 4.30. The second-order valence-electron chi connectivity index (χ2n) is 7.34. The van der Waals surface area contributed by atoms with Crippen molar-refractivity contribution in [2.24, 2.45) is 4.99 Å². The Bertz CT molecular complexity index is 601. The lowest BCUT2D eigenvalue weighted by Crippen LogP contribution is -2.68. The van der Waals surface area contributed by atoms with Gasteiger partial charge in [-0.2, -0.15) is 0 Å². The second-order valence-corrected chi connectivity index (χ2v) is 7.34. The van der Waals surface area contributed by atoms with Gasteiger partial charge >= 0.3 is 6.03 Å². The number of amides is 2. The topological polar surface area (TPSA) is 35.9 Å². The first kappa shape index (κ1) is 15.7. The SMILES string of the molecule is O=C1N(c2ccccc2)C(=NC2CCCCC2)N1C1CCCCC1. The van der Waals surface area contributed by atoms with E-state index in [1.807, 2.05) is 40.1 Å². The van der Waals surface area contributed by atoms with Crippen LogP contribution in [-0.4, -0.2) is 29.0 Å². The van der Waals surface area contributed by atoms with Crippen molar-refractivity contribution in [1.29, 1.82) is 0 Å². The number of guanidine groups is 1. The normalized spacial score (nSPS) is 25.2. The van der Waals surface area contributed by atoms with Crippen LogP contribution in [0, 0.1) is 0 Å². The molecule has 3 fully saturated rings. The van der Waals surface area contributed by atoms with Gasteiger partial charge in [-0.1, -0.05) is 56.7 Å². The first-order valence-electron chi connectivity index (χ1n) is 9.61. The zero-order valence-electron chi connectivity index (χ0n) is 14.4. The van der Waals surface area contributed by atoms with Gasteiger partial charge in [0, 0.05) is 6.04 Å².